The molecule has 0 aromatic heterocycles. The topological polar surface area (TPSA) is 38.7 Å². The van der Waals surface area contributed by atoms with Crippen molar-refractivity contribution < 1.29 is 9.53 Å². The predicted molar refractivity (Wildman–Crippen MR) is 137 cm³/mol. The van der Waals surface area contributed by atoms with Gasteiger partial charge in [0, 0.05) is 10.4 Å². The summed E-state index contributed by atoms with van der Waals surface area (Å²) in [5.74, 6) is 0.355. The molecule has 0 amide bonds. The van der Waals surface area contributed by atoms with Crippen molar-refractivity contribution in [3.8, 4) is 0 Å². The normalized spacial score (nSPS) is 13.5. The molecule has 2 aromatic carbocycles. The van der Waals surface area contributed by atoms with Gasteiger partial charge >= 0.3 is 5.97 Å². The number of carbonyl (C=O) groups excluding carboxylic acids is 1. The third-order valence-corrected chi connectivity index (χ3v) is 9.61. The molecule has 0 aliphatic heterocycles. The Bertz CT molecular complexity index is 964. The summed E-state index contributed by atoms with van der Waals surface area (Å²) in [5, 5.41) is 1.58. The molecular formula is C25H34ClNO2Si2. The van der Waals surface area contributed by atoms with E-state index in [-0.39, 0.29) is 5.97 Å². The summed E-state index contributed by atoms with van der Waals surface area (Å²) in [7, 11) is -2.61. The summed E-state index contributed by atoms with van der Waals surface area (Å²) < 4.78 is 10.4. The van der Waals surface area contributed by atoms with E-state index in [2.05, 4.69) is 65.5 Å². The molecule has 0 aliphatic carbocycles. The molecule has 0 heterocycles. The van der Waals surface area contributed by atoms with Gasteiger partial charge in [-0.25, -0.2) is 4.79 Å². The van der Waals surface area contributed by atoms with Gasteiger partial charge < -0.3 is 4.74 Å². The number of hydrogen-bond acceptors (Lipinski definition) is 3. The second kappa shape index (κ2) is 10.7. The first-order valence-electron chi connectivity index (χ1n) is 10.7. The lowest BCUT2D eigenvalue weighted by Gasteiger charge is -2.23. The molecule has 3 nitrogen and oxygen atoms in total. The van der Waals surface area contributed by atoms with Crippen molar-refractivity contribution >= 4 is 43.9 Å². The van der Waals surface area contributed by atoms with Gasteiger partial charge in [-0.3, -0.25) is 4.63 Å². The molecule has 0 fully saturated rings. The molecule has 0 bridgehead atoms. The van der Waals surface area contributed by atoms with Gasteiger partial charge in [0.05, 0.1) is 20.9 Å². The van der Waals surface area contributed by atoms with Crippen molar-refractivity contribution in [3.63, 3.8) is 0 Å². The lowest BCUT2D eigenvalue weighted by Crippen LogP contribution is -2.33. The van der Waals surface area contributed by atoms with E-state index in [4.69, 9.17) is 20.4 Å². The highest BCUT2D eigenvalue weighted by Crippen LogP contribution is 2.37. The van der Waals surface area contributed by atoms with Crippen LogP contribution in [0.2, 0.25) is 19.6 Å². The molecule has 0 N–H and O–H groups in total. The van der Waals surface area contributed by atoms with Gasteiger partial charge in [-0.2, -0.15) is 0 Å². The second-order valence-electron chi connectivity index (χ2n) is 9.35. The Morgan fingerprint density at radius 3 is 1.87 bits per heavy atom. The van der Waals surface area contributed by atoms with Crippen molar-refractivity contribution in [2.45, 2.75) is 59.2 Å². The summed E-state index contributed by atoms with van der Waals surface area (Å²) >= 11 is 7.16. The monoisotopic (exact) mass is 471 g/mol. The van der Waals surface area contributed by atoms with Crippen LogP contribution in [0.5, 0.6) is 0 Å². The Kier molecular flexibility index (Phi) is 8.75. The zero-order valence-electron chi connectivity index (χ0n) is 19.9. The minimum absolute atomic E-state index is 0.294. The van der Waals surface area contributed by atoms with Crippen molar-refractivity contribution in [2.75, 3.05) is 7.11 Å². The highest BCUT2D eigenvalue weighted by atomic mass is 35.6. The van der Waals surface area contributed by atoms with Crippen LogP contribution in [0.1, 0.15) is 56.2 Å². The van der Waals surface area contributed by atoms with E-state index in [0.29, 0.717) is 11.8 Å². The molecule has 0 saturated heterocycles. The van der Waals surface area contributed by atoms with E-state index < -0.39 is 16.0 Å². The van der Waals surface area contributed by atoms with Gasteiger partial charge in [-0.1, -0.05) is 95.9 Å². The summed E-state index contributed by atoms with van der Waals surface area (Å²) in [5.41, 5.74) is 4.31. The Labute approximate surface area is 194 Å². The standard InChI is InChI=1S/C25H34ClNO2Si2/c1-17(2)20-15-12-16-21(18(3)4)22(20)27-30(26)23(19-13-10-9-11-14-19)24(25(28)29-5)31(6,7)8/h9-18H,1-8H3/b24-23-,30-27?. The highest BCUT2D eigenvalue weighted by Gasteiger charge is 2.33. The van der Waals surface area contributed by atoms with Gasteiger partial charge in [-0.15, -0.1) is 11.1 Å². The van der Waals surface area contributed by atoms with E-state index in [0.717, 1.165) is 21.6 Å². The fourth-order valence-corrected chi connectivity index (χ4v) is 9.12. The third kappa shape index (κ3) is 6.12. The summed E-state index contributed by atoms with van der Waals surface area (Å²) in [6.45, 7) is 15.1. The quantitative estimate of drug-likeness (QED) is 0.180. The Hall–Kier alpha value is -1.83. The number of carbonyl (C=O) groups is 1. The van der Waals surface area contributed by atoms with Gasteiger partial charge in [0.25, 0.3) is 7.90 Å². The number of hydrogen-bond donors (Lipinski definition) is 0. The lowest BCUT2D eigenvalue weighted by atomic mass is 9.93. The molecule has 0 atom stereocenters. The molecule has 2 rings (SSSR count). The smallest absolute Gasteiger partial charge is 0.329 e. The predicted octanol–water partition coefficient (Wildman–Crippen LogP) is 7.60. The minimum Gasteiger partial charge on any atom is -0.466 e. The highest BCUT2D eigenvalue weighted by molar-refractivity contribution is 7.12. The molecule has 0 aliphatic rings. The fraction of sp³-hybridized carbons (Fsp3) is 0.400. The van der Waals surface area contributed by atoms with Crippen LogP contribution in [0.3, 0.4) is 0 Å². The number of methoxy groups -OCH3 is 1. The molecule has 0 radical (unpaired) electrons. The van der Waals surface area contributed by atoms with Crippen LogP contribution in [-0.2, 0) is 9.53 Å². The largest absolute Gasteiger partial charge is 0.466 e. The number of nitrogens with zero attached hydrogens (tertiary/aromatic N) is 1. The first kappa shape index (κ1) is 25.4. The first-order valence-corrected chi connectivity index (χ1v) is 16.7. The van der Waals surface area contributed by atoms with Crippen molar-refractivity contribution in [1.82, 2.24) is 0 Å². The fourth-order valence-electron chi connectivity index (χ4n) is 3.65. The molecule has 0 spiro atoms. The Morgan fingerprint density at radius 2 is 1.45 bits per heavy atom. The minimum atomic E-state index is -2.08. The van der Waals surface area contributed by atoms with Crippen LogP contribution >= 0.6 is 11.1 Å². The van der Waals surface area contributed by atoms with Crippen molar-refractivity contribution in [3.05, 3.63) is 70.4 Å². The Morgan fingerprint density at radius 1 is 0.935 bits per heavy atom. The van der Waals surface area contributed by atoms with Gasteiger partial charge in [-0.05, 0) is 28.5 Å². The zero-order chi connectivity index (χ0) is 23.3. The maximum atomic E-state index is 13.0. The number of halogens is 1. The maximum absolute atomic E-state index is 13.0. The summed E-state index contributed by atoms with van der Waals surface area (Å²) in [4.78, 5) is 13.0. The molecule has 2 aromatic rings. The lowest BCUT2D eigenvalue weighted by molar-refractivity contribution is -0.135. The third-order valence-electron chi connectivity index (χ3n) is 5.21. The van der Waals surface area contributed by atoms with Crippen LogP contribution in [0.15, 0.2) is 58.4 Å². The molecule has 31 heavy (non-hydrogen) atoms. The molecule has 6 heteroatoms. The molecule has 0 unspecified atom stereocenters. The molecule has 166 valence electrons. The average Bonchev–Trinajstić information content (AvgIpc) is 2.70. The first-order chi connectivity index (χ1) is 14.5. The van der Waals surface area contributed by atoms with E-state index in [1.54, 1.807) is 0 Å². The second-order valence-corrected chi connectivity index (χ2v) is 16.7. The van der Waals surface area contributed by atoms with Crippen molar-refractivity contribution in [2.24, 2.45) is 4.63 Å². The zero-order valence-corrected chi connectivity index (χ0v) is 22.7. The van der Waals surface area contributed by atoms with Gasteiger partial charge in [0.1, 0.15) is 0 Å². The van der Waals surface area contributed by atoms with Gasteiger partial charge in [0.2, 0.25) is 0 Å². The SMILES string of the molecule is COC(=O)/C(=C(\c1ccccc1)[Si](Cl)=Nc1c(C(C)C)cccc1C(C)C)[Si](C)(C)C. The van der Waals surface area contributed by atoms with Crippen molar-refractivity contribution in [1.29, 1.82) is 0 Å². The van der Waals surface area contributed by atoms with Gasteiger partial charge in [0.15, 0.2) is 0 Å². The van der Waals surface area contributed by atoms with E-state index >= 15 is 0 Å². The van der Waals surface area contributed by atoms with E-state index in [1.165, 1.54) is 18.2 Å². The van der Waals surface area contributed by atoms with E-state index in [9.17, 15) is 4.79 Å². The van der Waals surface area contributed by atoms with Crippen LogP contribution in [0, 0.1) is 0 Å². The summed E-state index contributed by atoms with van der Waals surface area (Å²) in [6, 6.07) is 16.3. The van der Waals surface area contributed by atoms with Crippen LogP contribution in [0.25, 0.3) is 5.20 Å². The Balaban J connectivity index is 2.92. The number of rotatable bonds is 7. The molecule has 0 saturated carbocycles. The van der Waals surface area contributed by atoms with E-state index in [1.807, 2.05) is 30.3 Å². The average molecular weight is 472 g/mol. The van der Waals surface area contributed by atoms with Crippen LogP contribution in [-0.4, -0.2) is 29.1 Å². The summed E-state index contributed by atoms with van der Waals surface area (Å²) in [6.07, 6.45) is 0. The number of esters is 1. The maximum Gasteiger partial charge on any atom is 0.329 e. The number of ether oxygens (including phenoxy) is 1. The number of benzene rings is 2. The molecular weight excluding hydrogens is 438 g/mol. The van der Waals surface area contributed by atoms with Crippen LogP contribution in [0.4, 0.5) is 5.69 Å². The van der Waals surface area contributed by atoms with Crippen LogP contribution < -0.4 is 0 Å².